The van der Waals surface area contributed by atoms with Gasteiger partial charge in [0, 0.05) is 43.8 Å². The number of aryl methyl sites for hydroxylation is 1. The molecule has 2 rings (SSSR count). The third kappa shape index (κ3) is 2.70. The highest BCUT2D eigenvalue weighted by Crippen LogP contribution is 2.09. The Morgan fingerprint density at radius 1 is 1.44 bits per heavy atom. The van der Waals surface area contributed by atoms with E-state index in [0.29, 0.717) is 6.04 Å². The van der Waals surface area contributed by atoms with E-state index in [1.807, 2.05) is 41.1 Å². The van der Waals surface area contributed by atoms with Crippen molar-refractivity contribution in [2.75, 3.05) is 6.54 Å². The molecular formula is C11H17N5. The molecule has 5 nitrogen and oxygen atoms in total. The maximum atomic E-state index is 4.15. The predicted octanol–water partition coefficient (Wildman–Crippen LogP) is 0.967. The molecule has 0 aliphatic carbocycles. The number of hydrogen-bond donors (Lipinski definition) is 1. The van der Waals surface area contributed by atoms with E-state index in [2.05, 4.69) is 22.4 Å². The van der Waals surface area contributed by atoms with E-state index in [0.717, 1.165) is 13.1 Å². The van der Waals surface area contributed by atoms with Crippen molar-refractivity contribution in [1.29, 1.82) is 0 Å². The summed E-state index contributed by atoms with van der Waals surface area (Å²) in [6.45, 7) is 3.93. The van der Waals surface area contributed by atoms with Crippen LogP contribution in [0.25, 0.3) is 0 Å². The zero-order chi connectivity index (χ0) is 11.4. The molecule has 0 spiro atoms. The van der Waals surface area contributed by atoms with Gasteiger partial charge in [0.05, 0.1) is 12.7 Å². The van der Waals surface area contributed by atoms with Crippen molar-refractivity contribution >= 4 is 0 Å². The lowest BCUT2D eigenvalue weighted by atomic mass is 10.2. The molecule has 0 saturated carbocycles. The highest BCUT2D eigenvalue weighted by molar-refractivity contribution is 5.08. The van der Waals surface area contributed by atoms with Gasteiger partial charge < -0.3 is 5.32 Å². The number of rotatable bonds is 5. The predicted molar refractivity (Wildman–Crippen MR) is 61.9 cm³/mol. The smallest absolute Gasteiger partial charge is 0.0537 e. The summed E-state index contributed by atoms with van der Waals surface area (Å²) in [6.07, 6.45) is 7.69. The van der Waals surface area contributed by atoms with Crippen molar-refractivity contribution in [3.8, 4) is 0 Å². The third-order valence-electron chi connectivity index (χ3n) is 2.58. The van der Waals surface area contributed by atoms with Gasteiger partial charge >= 0.3 is 0 Å². The molecule has 2 aromatic heterocycles. The van der Waals surface area contributed by atoms with Gasteiger partial charge in [-0.15, -0.1) is 0 Å². The minimum atomic E-state index is 0.323. The van der Waals surface area contributed by atoms with Crippen molar-refractivity contribution in [3.05, 3.63) is 36.4 Å². The number of nitrogens with one attached hydrogen (secondary N) is 1. The monoisotopic (exact) mass is 219 g/mol. The van der Waals surface area contributed by atoms with Crippen LogP contribution in [0, 0.1) is 0 Å². The Labute approximate surface area is 95.1 Å². The van der Waals surface area contributed by atoms with E-state index >= 15 is 0 Å². The topological polar surface area (TPSA) is 47.7 Å². The van der Waals surface area contributed by atoms with Crippen LogP contribution in [-0.4, -0.2) is 26.1 Å². The molecule has 0 fully saturated rings. The quantitative estimate of drug-likeness (QED) is 0.815. The van der Waals surface area contributed by atoms with Crippen LogP contribution in [0.5, 0.6) is 0 Å². The van der Waals surface area contributed by atoms with Crippen LogP contribution in [0.4, 0.5) is 0 Å². The molecule has 2 heterocycles. The van der Waals surface area contributed by atoms with E-state index in [4.69, 9.17) is 0 Å². The molecular weight excluding hydrogens is 202 g/mol. The molecule has 0 saturated heterocycles. The van der Waals surface area contributed by atoms with Crippen LogP contribution >= 0.6 is 0 Å². The first-order chi connectivity index (χ1) is 7.75. The second-order valence-electron chi connectivity index (χ2n) is 3.89. The second kappa shape index (κ2) is 4.94. The summed E-state index contributed by atoms with van der Waals surface area (Å²) in [5.41, 5.74) is 1.21. The Morgan fingerprint density at radius 3 is 2.94 bits per heavy atom. The standard InChI is InChI=1S/C11H17N5/c1-10(11-8-14-15(2)9-11)12-5-7-16-6-3-4-13-16/h3-4,6,8-10,12H,5,7H2,1-2H3. The molecule has 0 aliphatic rings. The molecule has 0 aliphatic heterocycles. The Kier molecular flexibility index (Phi) is 3.36. The fourth-order valence-electron chi connectivity index (χ4n) is 1.61. The largest absolute Gasteiger partial charge is 0.308 e. The highest BCUT2D eigenvalue weighted by atomic mass is 15.3. The molecule has 2 aromatic rings. The molecule has 0 amide bonds. The molecule has 1 N–H and O–H groups in total. The fourth-order valence-corrected chi connectivity index (χ4v) is 1.61. The van der Waals surface area contributed by atoms with Crippen LogP contribution in [0.15, 0.2) is 30.9 Å². The van der Waals surface area contributed by atoms with Crippen molar-refractivity contribution in [2.24, 2.45) is 7.05 Å². The lowest BCUT2D eigenvalue weighted by Crippen LogP contribution is -2.23. The molecule has 86 valence electrons. The maximum absolute atomic E-state index is 4.15. The Morgan fingerprint density at radius 2 is 2.31 bits per heavy atom. The average molecular weight is 219 g/mol. The molecule has 1 atom stereocenters. The van der Waals surface area contributed by atoms with Crippen LogP contribution in [0.1, 0.15) is 18.5 Å². The van der Waals surface area contributed by atoms with Crippen molar-refractivity contribution in [1.82, 2.24) is 24.9 Å². The summed E-state index contributed by atoms with van der Waals surface area (Å²) < 4.78 is 3.74. The summed E-state index contributed by atoms with van der Waals surface area (Å²) in [5, 5.41) is 11.7. The van der Waals surface area contributed by atoms with Crippen LogP contribution in [-0.2, 0) is 13.6 Å². The number of hydrogen-bond acceptors (Lipinski definition) is 3. The average Bonchev–Trinajstić information content (AvgIpc) is 2.89. The number of aromatic nitrogens is 4. The molecule has 0 radical (unpaired) electrons. The van der Waals surface area contributed by atoms with E-state index in [9.17, 15) is 0 Å². The van der Waals surface area contributed by atoms with Crippen molar-refractivity contribution < 1.29 is 0 Å². The highest BCUT2D eigenvalue weighted by Gasteiger charge is 2.05. The van der Waals surface area contributed by atoms with Gasteiger partial charge in [0.15, 0.2) is 0 Å². The Bertz CT molecular complexity index is 417. The molecule has 16 heavy (non-hydrogen) atoms. The maximum Gasteiger partial charge on any atom is 0.0537 e. The minimum absolute atomic E-state index is 0.323. The van der Waals surface area contributed by atoms with Crippen LogP contribution in [0.3, 0.4) is 0 Å². The van der Waals surface area contributed by atoms with Gasteiger partial charge in [-0.05, 0) is 13.0 Å². The van der Waals surface area contributed by atoms with Crippen molar-refractivity contribution in [2.45, 2.75) is 19.5 Å². The van der Waals surface area contributed by atoms with E-state index in [1.165, 1.54) is 5.56 Å². The first-order valence-corrected chi connectivity index (χ1v) is 5.45. The summed E-state index contributed by atoms with van der Waals surface area (Å²) in [7, 11) is 1.93. The summed E-state index contributed by atoms with van der Waals surface area (Å²) in [6, 6.07) is 2.26. The van der Waals surface area contributed by atoms with Gasteiger partial charge in [0.25, 0.3) is 0 Å². The van der Waals surface area contributed by atoms with Crippen LogP contribution in [0.2, 0.25) is 0 Å². The molecule has 1 unspecified atom stereocenters. The third-order valence-corrected chi connectivity index (χ3v) is 2.58. The Hall–Kier alpha value is -1.62. The lowest BCUT2D eigenvalue weighted by Gasteiger charge is -2.11. The second-order valence-corrected chi connectivity index (χ2v) is 3.89. The van der Waals surface area contributed by atoms with E-state index in [1.54, 1.807) is 6.20 Å². The first kappa shape index (κ1) is 10.9. The SMILES string of the molecule is CC(NCCn1cccn1)c1cnn(C)c1. The molecule has 0 bridgehead atoms. The van der Waals surface area contributed by atoms with E-state index in [-0.39, 0.29) is 0 Å². The lowest BCUT2D eigenvalue weighted by molar-refractivity contribution is 0.507. The first-order valence-electron chi connectivity index (χ1n) is 5.45. The van der Waals surface area contributed by atoms with Crippen LogP contribution < -0.4 is 5.32 Å². The zero-order valence-corrected chi connectivity index (χ0v) is 9.67. The summed E-state index contributed by atoms with van der Waals surface area (Å²) in [4.78, 5) is 0. The van der Waals surface area contributed by atoms with Gasteiger partial charge in [-0.25, -0.2) is 0 Å². The number of nitrogens with zero attached hydrogens (tertiary/aromatic N) is 4. The summed E-state index contributed by atoms with van der Waals surface area (Å²) in [5.74, 6) is 0. The van der Waals surface area contributed by atoms with E-state index < -0.39 is 0 Å². The van der Waals surface area contributed by atoms with Gasteiger partial charge in [-0.3, -0.25) is 9.36 Å². The normalized spacial score (nSPS) is 12.9. The molecule has 0 aromatic carbocycles. The van der Waals surface area contributed by atoms with Gasteiger partial charge in [-0.2, -0.15) is 10.2 Å². The van der Waals surface area contributed by atoms with Crippen molar-refractivity contribution in [3.63, 3.8) is 0 Å². The summed E-state index contributed by atoms with van der Waals surface area (Å²) >= 11 is 0. The van der Waals surface area contributed by atoms with Gasteiger partial charge in [0.2, 0.25) is 0 Å². The van der Waals surface area contributed by atoms with Gasteiger partial charge in [0.1, 0.15) is 0 Å². The molecule has 5 heteroatoms. The fraction of sp³-hybridized carbons (Fsp3) is 0.455. The van der Waals surface area contributed by atoms with Gasteiger partial charge in [-0.1, -0.05) is 0 Å². The minimum Gasteiger partial charge on any atom is -0.308 e. The zero-order valence-electron chi connectivity index (χ0n) is 9.67. The Balaban J connectivity index is 1.78.